The third-order valence-corrected chi connectivity index (χ3v) is 10.9. The van der Waals surface area contributed by atoms with Crippen molar-refractivity contribution < 1.29 is 0 Å². The van der Waals surface area contributed by atoms with Crippen molar-refractivity contribution in [3.05, 3.63) is 257 Å². The molecule has 0 aromatic heterocycles. The predicted molar refractivity (Wildman–Crippen MR) is 274 cm³/mol. The third kappa shape index (κ3) is 15.9. The van der Waals surface area contributed by atoms with Crippen LogP contribution < -0.4 is 11.1 Å². The van der Waals surface area contributed by atoms with Crippen molar-refractivity contribution in [3.63, 3.8) is 0 Å². The zero-order valence-electron chi connectivity index (χ0n) is 38.2. The van der Waals surface area contributed by atoms with E-state index in [0.717, 1.165) is 84.4 Å². The zero-order valence-corrected chi connectivity index (χ0v) is 38.2. The largest absolute Gasteiger partial charge is 0.398 e. The van der Waals surface area contributed by atoms with Gasteiger partial charge in [0.2, 0.25) is 0 Å². The highest BCUT2D eigenvalue weighted by atomic mass is 14.9. The van der Waals surface area contributed by atoms with Crippen LogP contribution in [0.2, 0.25) is 0 Å². The summed E-state index contributed by atoms with van der Waals surface area (Å²) in [6.07, 6.45) is 18.5. The first kappa shape index (κ1) is 47.3. The zero-order chi connectivity index (χ0) is 44.7. The molecule has 1 atom stereocenters. The Labute approximate surface area is 379 Å². The summed E-state index contributed by atoms with van der Waals surface area (Å²) in [6.45, 7) is 15.1. The van der Waals surface area contributed by atoms with Gasteiger partial charge in [-0.1, -0.05) is 227 Å². The van der Waals surface area contributed by atoms with Gasteiger partial charge in [0.25, 0.3) is 0 Å². The van der Waals surface area contributed by atoms with Gasteiger partial charge in [-0.15, -0.1) is 0 Å². The topological polar surface area (TPSA) is 50.4 Å². The van der Waals surface area contributed by atoms with E-state index in [1.165, 1.54) is 39.0 Å². The molecule has 7 rings (SSSR count). The molecule has 0 heterocycles. The van der Waals surface area contributed by atoms with Gasteiger partial charge < -0.3 is 11.1 Å². The highest BCUT2D eigenvalue weighted by Crippen LogP contribution is 2.28. The minimum atomic E-state index is 0.0664. The Bertz CT molecular complexity index is 2420. The normalized spacial score (nSPS) is 13.1. The van der Waals surface area contributed by atoms with E-state index in [-0.39, 0.29) is 6.04 Å². The van der Waals surface area contributed by atoms with Gasteiger partial charge in [-0.25, -0.2) is 4.99 Å². The van der Waals surface area contributed by atoms with Crippen LogP contribution in [0.3, 0.4) is 0 Å². The number of rotatable bonds is 15. The molecule has 63 heavy (non-hydrogen) atoms. The third-order valence-electron chi connectivity index (χ3n) is 10.9. The molecule has 1 aliphatic rings. The van der Waals surface area contributed by atoms with Crippen LogP contribution in [0.15, 0.2) is 217 Å². The molecule has 3 heteroatoms. The summed E-state index contributed by atoms with van der Waals surface area (Å²) in [5.41, 5.74) is 22.5. The first-order chi connectivity index (χ1) is 30.8. The highest BCUT2D eigenvalue weighted by Gasteiger charge is 2.13. The number of nitrogens with zero attached hydrogens (tertiary/aromatic N) is 1. The number of aryl methyl sites for hydroxylation is 4. The van der Waals surface area contributed by atoms with Crippen LogP contribution in [-0.2, 0) is 12.8 Å². The monoisotopic (exact) mass is 830 g/mol. The van der Waals surface area contributed by atoms with Crippen molar-refractivity contribution in [1.82, 2.24) is 5.32 Å². The van der Waals surface area contributed by atoms with Crippen LogP contribution in [0.5, 0.6) is 0 Å². The van der Waals surface area contributed by atoms with Gasteiger partial charge in [0.1, 0.15) is 0 Å². The predicted octanol–water partition coefficient (Wildman–Crippen LogP) is 15.6. The summed E-state index contributed by atoms with van der Waals surface area (Å²) < 4.78 is 0. The molecule has 0 fully saturated rings. The van der Waals surface area contributed by atoms with E-state index in [1.54, 1.807) is 0 Å². The summed E-state index contributed by atoms with van der Waals surface area (Å²) in [6, 6.07) is 57.1. The minimum Gasteiger partial charge on any atom is -0.398 e. The van der Waals surface area contributed by atoms with E-state index >= 15 is 0 Å². The van der Waals surface area contributed by atoms with Crippen LogP contribution in [0.4, 0.5) is 5.69 Å². The fourth-order valence-corrected chi connectivity index (χ4v) is 7.19. The van der Waals surface area contributed by atoms with Gasteiger partial charge in [-0.3, -0.25) is 0 Å². The van der Waals surface area contributed by atoms with Gasteiger partial charge in [0.15, 0.2) is 0 Å². The summed E-state index contributed by atoms with van der Waals surface area (Å²) >= 11 is 0. The van der Waals surface area contributed by atoms with Crippen molar-refractivity contribution in [2.75, 3.05) is 0 Å². The number of hydrogen-bond donors (Lipinski definition) is 2. The summed E-state index contributed by atoms with van der Waals surface area (Å²) in [4.78, 5) is 4.85. The molecule has 6 aromatic carbocycles. The first-order valence-electron chi connectivity index (χ1n) is 22.7. The standard InChI is InChI=1S/C27H29N.C24H26N2.C9H12/c1-4-11-26(24-18-16-21(2)17-19-24)20-27(25-14-9-6-10-15-25)28-22(3)23-12-7-5-8-13-23;1-2-9-19-14-16-21(17-15-19)24(26-22-12-7-4-8-13-22)18-23(25)20-10-5-3-6-11-20;1-3-9-6-4-8(2)5-7-9/h5-10,12-20,27-28H,3-4,11H2,1-2H3;4-5,7-8,10-18H,2-3,6,9,25H2,1H3;4-7H,3H2,1-2H3/b26-20+;23-18-,26-24?;. The van der Waals surface area contributed by atoms with E-state index in [0.29, 0.717) is 0 Å². The molecule has 0 radical (unpaired) electrons. The number of nitrogens with two attached hydrogens (primary N) is 1. The molecular formula is C60H67N3. The van der Waals surface area contributed by atoms with Crippen LogP contribution >= 0.6 is 0 Å². The molecule has 6 aromatic rings. The number of benzene rings is 6. The van der Waals surface area contributed by atoms with Gasteiger partial charge in [0, 0.05) is 17.0 Å². The fourth-order valence-electron chi connectivity index (χ4n) is 7.19. The maximum Gasteiger partial charge on any atom is 0.0729 e. The van der Waals surface area contributed by atoms with E-state index in [4.69, 9.17) is 10.7 Å². The van der Waals surface area contributed by atoms with Crippen molar-refractivity contribution in [3.8, 4) is 0 Å². The molecule has 0 amide bonds. The van der Waals surface area contributed by atoms with Crippen LogP contribution in [-0.4, -0.2) is 5.71 Å². The van der Waals surface area contributed by atoms with Crippen LogP contribution in [0.25, 0.3) is 11.3 Å². The minimum absolute atomic E-state index is 0.0664. The second-order valence-corrected chi connectivity index (χ2v) is 16.0. The first-order valence-corrected chi connectivity index (χ1v) is 22.7. The lowest BCUT2D eigenvalue weighted by molar-refractivity contribution is 0.770. The molecule has 1 aliphatic carbocycles. The molecule has 0 aliphatic heterocycles. The maximum atomic E-state index is 6.38. The summed E-state index contributed by atoms with van der Waals surface area (Å²) in [5, 5.41) is 3.65. The number of para-hydroxylation sites is 1. The van der Waals surface area contributed by atoms with Gasteiger partial charge >= 0.3 is 0 Å². The average Bonchev–Trinajstić information content (AvgIpc) is 3.33. The molecule has 1 unspecified atom stereocenters. The lowest BCUT2D eigenvalue weighted by Crippen LogP contribution is -2.18. The van der Waals surface area contributed by atoms with E-state index < -0.39 is 0 Å². The molecule has 0 saturated heterocycles. The lowest BCUT2D eigenvalue weighted by Gasteiger charge is -2.21. The van der Waals surface area contributed by atoms with Gasteiger partial charge in [-0.2, -0.15) is 0 Å². The molecule has 3 N–H and O–H groups in total. The quantitative estimate of drug-likeness (QED) is 0.101. The second-order valence-electron chi connectivity index (χ2n) is 16.0. The highest BCUT2D eigenvalue weighted by molar-refractivity contribution is 6.10. The van der Waals surface area contributed by atoms with Crippen LogP contribution in [0.1, 0.15) is 103 Å². The Morgan fingerprint density at radius 2 is 1.22 bits per heavy atom. The Morgan fingerprint density at radius 1 is 0.651 bits per heavy atom. The Morgan fingerprint density at radius 3 is 1.79 bits per heavy atom. The molecule has 0 bridgehead atoms. The number of nitrogens with one attached hydrogen (secondary N) is 1. The van der Waals surface area contributed by atoms with E-state index in [2.05, 4.69) is 186 Å². The molecule has 0 saturated carbocycles. The van der Waals surface area contributed by atoms with Gasteiger partial charge in [-0.05, 0) is 103 Å². The van der Waals surface area contributed by atoms with E-state index in [1.807, 2.05) is 54.6 Å². The van der Waals surface area contributed by atoms with Crippen LogP contribution in [0, 0.1) is 13.8 Å². The van der Waals surface area contributed by atoms with Crippen molar-refractivity contribution in [2.24, 2.45) is 10.7 Å². The van der Waals surface area contributed by atoms with E-state index in [9.17, 15) is 0 Å². The smallest absolute Gasteiger partial charge is 0.0729 e. The summed E-state index contributed by atoms with van der Waals surface area (Å²) in [7, 11) is 0. The summed E-state index contributed by atoms with van der Waals surface area (Å²) in [5.74, 6) is 0. The maximum absolute atomic E-state index is 6.38. The Kier molecular flexibility index (Phi) is 19.5. The SMILES string of the molecule is C=C(NC(/C=C(\CCC)c1ccc(C)cc1)c1ccccc1)c1ccccc1.CCCc1ccc(C(/C=C(\N)C2=CCCC=C2)=Nc2ccccc2)cc1.CCc1ccc(C)cc1. The molecular weight excluding hydrogens is 763 g/mol. The number of hydrogen-bond acceptors (Lipinski definition) is 3. The number of allylic oxidation sites excluding steroid dienone is 5. The second kappa shape index (κ2) is 25.9. The number of aliphatic imine (C=N–C) groups is 1. The fraction of sp³-hybridized carbons (Fsp3) is 0.217. The molecule has 3 nitrogen and oxygen atoms in total. The Hall–Kier alpha value is -6.71. The Balaban J connectivity index is 0.000000199. The van der Waals surface area contributed by atoms with Crippen molar-refractivity contribution >= 4 is 22.7 Å². The van der Waals surface area contributed by atoms with Gasteiger partial charge in [0.05, 0.1) is 17.4 Å². The van der Waals surface area contributed by atoms with Crippen molar-refractivity contribution in [1.29, 1.82) is 0 Å². The molecule has 0 spiro atoms. The van der Waals surface area contributed by atoms with Crippen molar-refractivity contribution in [2.45, 2.75) is 85.6 Å². The lowest BCUT2D eigenvalue weighted by atomic mass is 9.95. The molecule has 322 valence electrons. The average molecular weight is 830 g/mol.